The van der Waals surface area contributed by atoms with Gasteiger partial charge in [0, 0.05) is 11.1 Å². The van der Waals surface area contributed by atoms with Gasteiger partial charge in [0.1, 0.15) is 11.9 Å². The summed E-state index contributed by atoms with van der Waals surface area (Å²) in [5.74, 6) is -3.02. The molecular weight excluding hydrogens is 227 g/mol. The largest absolute Gasteiger partial charge is 0.205 e. The lowest BCUT2D eigenvalue weighted by Gasteiger charge is -2.06. The maximum Gasteiger partial charge on any atom is 0.166 e. The Hall–Kier alpha value is -2.28. The van der Waals surface area contributed by atoms with E-state index >= 15 is 0 Å². The predicted octanol–water partition coefficient (Wildman–Crippen LogP) is 3.64. The van der Waals surface area contributed by atoms with Crippen molar-refractivity contribution in [2.75, 3.05) is 0 Å². The average molecular weight is 233 g/mol. The third-order valence-corrected chi connectivity index (χ3v) is 2.36. The minimum atomic E-state index is -1.12. The maximum absolute atomic E-state index is 13.8. The van der Waals surface area contributed by atoms with Crippen LogP contribution in [0.1, 0.15) is 5.56 Å². The Morgan fingerprint density at radius 3 is 2.06 bits per heavy atom. The molecule has 0 radical (unpaired) electrons. The highest BCUT2D eigenvalue weighted by atomic mass is 19.2. The van der Waals surface area contributed by atoms with E-state index in [1.807, 2.05) is 0 Å². The molecule has 2 aromatic rings. The van der Waals surface area contributed by atoms with Crippen LogP contribution >= 0.6 is 0 Å². The summed E-state index contributed by atoms with van der Waals surface area (Å²) in [6.45, 7) is 0. The highest BCUT2D eigenvalue weighted by Gasteiger charge is 2.15. The Morgan fingerprint density at radius 1 is 0.824 bits per heavy atom. The minimum Gasteiger partial charge on any atom is -0.205 e. The third-order valence-electron chi connectivity index (χ3n) is 2.36. The van der Waals surface area contributed by atoms with Crippen LogP contribution in [-0.4, -0.2) is 0 Å². The van der Waals surface area contributed by atoms with Gasteiger partial charge < -0.3 is 0 Å². The second kappa shape index (κ2) is 4.30. The van der Waals surface area contributed by atoms with Crippen LogP contribution < -0.4 is 0 Å². The molecule has 0 atom stereocenters. The van der Waals surface area contributed by atoms with Crippen molar-refractivity contribution in [2.24, 2.45) is 0 Å². The van der Waals surface area contributed by atoms with Gasteiger partial charge in [-0.1, -0.05) is 24.3 Å². The first-order chi connectivity index (χ1) is 8.15. The van der Waals surface area contributed by atoms with E-state index in [1.54, 1.807) is 6.07 Å². The molecule has 0 fully saturated rings. The van der Waals surface area contributed by atoms with E-state index in [9.17, 15) is 13.2 Å². The third kappa shape index (κ3) is 1.87. The van der Waals surface area contributed by atoms with Gasteiger partial charge in [-0.15, -0.1) is 0 Å². The fourth-order valence-electron chi connectivity index (χ4n) is 1.54. The average Bonchev–Trinajstić information content (AvgIpc) is 2.33. The van der Waals surface area contributed by atoms with Gasteiger partial charge >= 0.3 is 0 Å². The fraction of sp³-hybridized carbons (Fsp3) is 0. The first-order valence-electron chi connectivity index (χ1n) is 4.78. The van der Waals surface area contributed by atoms with E-state index in [0.29, 0.717) is 0 Å². The Morgan fingerprint density at radius 2 is 1.41 bits per heavy atom. The van der Waals surface area contributed by atoms with Crippen LogP contribution in [0.15, 0.2) is 36.4 Å². The summed E-state index contributed by atoms with van der Waals surface area (Å²) in [4.78, 5) is 0. The van der Waals surface area contributed by atoms with Gasteiger partial charge in [0.15, 0.2) is 11.6 Å². The second-order valence-electron chi connectivity index (χ2n) is 3.38. The quantitative estimate of drug-likeness (QED) is 0.737. The van der Waals surface area contributed by atoms with Gasteiger partial charge in [-0.3, -0.25) is 0 Å². The molecule has 4 heteroatoms. The van der Waals surface area contributed by atoms with Crippen molar-refractivity contribution in [3.05, 3.63) is 59.4 Å². The molecule has 0 heterocycles. The zero-order valence-corrected chi connectivity index (χ0v) is 8.55. The number of rotatable bonds is 1. The molecule has 0 saturated carbocycles. The molecule has 0 aliphatic heterocycles. The van der Waals surface area contributed by atoms with Crippen molar-refractivity contribution in [1.29, 1.82) is 5.26 Å². The standard InChI is InChI=1S/C13H6F3N/c14-11-6-2-5-10(13(11)16)9-4-1-3-8(7-17)12(9)15/h1-6H. The second-order valence-corrected chi connectivity index (χ2v) is 3.38. The molecule has 2 aromatic carbocycles. The smallest absolute Gasteiger partial charge is 0.166 e. The maximum atomic E-state index is 13.8. The summed E-state index contributed by atoms with van der Waals surface area (Å²) in [6, 6.07) is 9.13. The van der Waals surface area contributed by atoms with E-state index in [0.717, 1.165) is 6.07 Å². The summed E-state index contributed by atoms with van der Waals surface area (Å²) in [6.07, 6.45) is 0. The molecule has 0 spiro atoms. The van der Waals surface area contributed by atoms with E-state index < -0.39 is 17.5 Å². The highest BCUT2D eigenvalue weighted by Crippen LogP contribution is 2.28. The van der Waals surface area contributed by atoms with Gasteiger partial charge in [-0.05, 0) is 12.1 Å². The van der Waals surface area contributed by atoms with Crippen LogP contribution in [0.3, 0.4) is 0 Å². The molecule has 0 aromatic heterocycles. The topological polar surface area (TPSA) is 23.8 Å². The van der Waals surface area contributed by atoms with Gasteiger partial charge in [-0.2, -0.15) is 5.26 Å². The zero-order chi connectivity index (χ0) is 12.4. The van der Waals surface area contributed by atoms with Crippen molar-refractivity contribution < 1.29 is 13.2 Å². The summed E-state index contributed by atoms with van der Waals surface area (Å²) in [5, 5.41) is 8.66. The zero-order valence-electron chi connectivity index (χ0n) is 8.55. The van der Waals surface area contributed by atoms with Crippen LogP contribution in [0.25, 0.3) is 11.1 Å². The molecule has 84 valence electrons. The normalized spacial score (nSPS) is 10.0. The lowest BCUT2D eigenvalue weighted by Crippen LogP contribution is -1.94. The number of benzene rings is 2. The number of halogens is 3. The van der Waals surface area contributed by atoms with Crippen molar-refractivity contribution in [1.82, 2.24) is 0 Å². The first kappa shape index (κ1) is 11.2. The Labute approximate surface area is 95.7 Å². The minimum absolute atomic E-state index is 0.124. The van der Waals surface area contributed by atoms with Crippen molar-refractivity contribution in [3.8, 4) is 17.2 Å². The van der Waals surface area contributed by atoms with E-state index in [1.165, 1.54) is 30.3 Å². The first-order valence-corrected chi connectivity index (χ1v) is 4.78. The van der Waals surface area contributed by atoms with Crippen LogP contribution in [0.2, 0.25) is 0 Å². The molecule has 0 saturated heterocycles. The Balaban J connectivity index is 2.70. The van der Waals surface area contributed by atoms with Crippen LogP contribution in [0.4, 0.5) is 13.2 Å². The van der Waals surface area contributed by atoms with Crippen molar-refractivity contribution >= 4 is 0 Å². The summed E-state index contributed by atoms with van der Waals surface area (Å²) in [5.41, 5.74) is -0.521. The predicted molar refractivity (Wildman–Crippen MR) is 56.5 cm³/mol. The van der Waals surface area contributed by atoms with E-state index in [4.69, 9.17) is 5.26 Å². The molecule has 17 heavy (non-hydrogen) atoms. The van der Waals surface area contributed by atoms with E-state index in [-0.39, 0.29) is 16.7 Å². The van der Waals surface area contributed by atoms with Crippen LogP contribution in [0, 0.1) is 28.8 Å². The molecular formula is C13H6F3N. The molecule has 0 bridgehead atoms. The van der Waals surface area contributed by atoms with Gasteiger partial charge in [-0.25, -0.2) is 13.2 Å². The highest BCUT2D eigenvalue weighted by molar-refractivity contribution is 5.66. The van der Waals surface area contributed by atoms with Crippen LogP contribution in [-0.2, 0) is 0 Å². The lowest BCUT2D eigenvalue weighted by atomic mass is 10.0. The van der Waals surface area contributed by atoms with E-state index in [2.05, 4.69) is 0 Å². The summed E-state index contributed by atoms with van der Waals surface area (Å²) < 4.78 is 40.3. The number of hydrogen-bond acceptors (Lipinski definition) is 1. The number of hydrogen-bond donors (Lipinski definition) is 0. The molecule has 0 aliphatic rings. The van der Waals surface area contributed by atoms with Crippen molar-refractivity contribution in [2.45, 2.75) is 0 Å². The Bertz CT molecular complexity index is 615. The molecule has 0 amide bonds. The van der Waals surface area contributed by atoms with Gasteiger partial charge in [0.25, 0.3) is 0 Å². The van der Waals surface area contributed by atoms with Crippen LogP contribution in [0.5, 0.6) is 0 Å². The number of nitriles is 1. The molecule has 0 N–H and O–H groups in total. The molecule has 1 nitrogen and oxygen atoms in total. The van der Waals surface area contributed by atoms with Gasteiger partial charge in [0.05, 0.1) is 5.56 Å². The van der Waals surface area contributed by atoms with Gasteiger partial charge in [0.2, 0.25) is 0 Å². The van der Waals surface area contributed by atoms with Crippen molar-refractivity contribution in [3.63, 3.8) is 0 Å². The fourth-order valence-corrected chi connectivity index (χ4v) is 1.54. The lowest BCUT2D eigenvalue weighted by molar-refractivity contribution is 0.510. The number of nitrogens with zero attached hydrogens (tertiary/aromatic N) is 1. The molecule has 2 rings (SSSR count). The SMILES string of the molecule is N#Cc1cccc(-c2cccc(F)c2F)c1F. The summed E-state index contributed by atoms with van der Waals surface area (Å²) >= 11 is 0. The summed E-state index contributed by atoms with van der Waals surface area (Å²) in [7, 11) is 0. The monoisotopic (exact) mass is 233 g/mol. The Kier molecular flexibility index (Phi) is 2.84. The molecule has 0 unspecified atom stereocenters. The molecule has 0 aliphatic carbocycles.